The summed E-state index contributed by atoms with van der Waals surface area (Å²) in [6.45, 7) is 4.79. The van der Waals surface area contributed by atoms with Crippen LogP contribution in [0.1, 0.15) is 16.7 Å². The fraction of sp³-hybridized carbons (Fsp3) is 0.125. The van der Waals surface area contributed by atoms with Crippen LogP contribution in [0, 0.1) is 13.8 Å². The normalized spacial score (nSPS) is 10.6. The van der Waals surface area contributed by atoms with Gasteiger partial charge in [-0.15, -0.1) is 0 Å². The fourth-order valence-corrected chi connectivity index (χ4v) is 3.04. The molecule has 144 valence electrons. The Labute approximate surface area is 170 Å². The van der Waals surface area contributed by atoms with E-state index in [1.165, 1.54) is 5.56 Å². The Hall–Kier alpha value is -3.73. The number of pyridine rings is 1. The highest BCUT2D eigenvalue weighted by atomic mass is 15.1. The largest absolute Gasteiger partial charge is 0.366 e. The van der Waals surface area contributed by atoms with Crippen LogP contribution in [0.2, 0.25) is 0 Å². The minimum Gasteiger partial charge on any atom is -0.366 e. The number of hydrogen-bond donors (Lipinski definition) is 2. The predicted octanol–water partition coefficient (Wildman–Crippen LogP) is 5.51. The average molecular weight is 381 g/mol. The van der Waals surface area contributed by atoms with Crippen LogP contribution in [0.25, 0.3) is 11.3 Å². The Morgan fingerprint density at radius 1 is 0.862 bits per heavy atom. The van der Waals surface area contributed by atoms with Crippen molar-refractivity contribution in [2.24, 2.45) is 0 Å². The van der Waals surface area contributed by atoms with Crippen molar-refractivity contribution < 1.29 is 0 Å². The second-order valence-electron chi connectivity index (χ2n) is 6.99. The molecule has 2 aromatic heterocycles. The van der Waals surface area contributed by atoms with Crippen molar-refractivity contribution >= 4 is 17.5 Å². The first-order valence-electron chi connectivity index (χ1n) is 9.59. The van der Waals surface area contributed by atoms with Gasteiger partial charge in [0.15, 0.2) is 0 Å². The lowest BCUT2D eigenvalue weighted by atomic mass is 10.1. The van der Waals surface area contributed by atoms with Crippen molar-refractivity contribution in [3.63, 3.8) is 0 Å². The van der Waals surface area contributed by atoms with E-state index in [1.54, 1.807) is 6.20 Å². The Bertz CT molecular complexity index is 1090. The predicted molar refractivity (Wildman–Crippen MR) is 118 cm³/mol. The summed E-state index contributed by atoms with van der Waals surface area (Å²) in [5.74, 6) is 1.32. The van der Waals surface area contributed by atoms with E-state index in [1.807, 2.05) is 42.6 Å². The van der Waals surface area contributed by atoms with Gasteiger partial charge in [-0.3, -0.25) is 4.98 Å². The van der Waals surface area contributed by atoms with Crippen molar-refractivity contribution in [2.45, 2.75) is 20.4 Å². The van der Waals surface area contributed by atoms with Gasteiger partial charge in [0.05, 0.1) is 5.69 Å². The van der Waals surface area contributed by atoms with Crippen molar-refractivity contribution in [1.82, 2.24) is 15.0 Å². The Morgan fingerprint density at radius 3 is 2.52 bits per heavy atom. The van der Waals surface area contributed by atoms with Gasteiger partial charge in [-0.2, -0.15) is 4.98 Å². The highest BCUT2D eigenvalue weighted by Crippen LogP contribution is 2.25. The highest BCUT2D eigenvalue weighted by Gasteiger charge is 2.09. The third-order valence-electron chi connectivity index (χ3n) is 4.63. The second-order valence-corrected chi connectivity index (χ2v) is 6.99. The maximum absolute atomic E-state index is 4.75. The van der Waals surface area contributed by atoms with Crippen LogP contribution in [0.5, 0.6) is 0 Å². The summed E-state index contributed by atoms with van der Waals surface area (Å²) in [6.07, 6.45) is 3.62. The monoisotopic (exact) mass is 381 g/mol. The molecule has 0 bridgehead atoms. The zero-order chi connectivity index (χ0) is 20.1. The Morgan fingerprint density at radius 2 is 1.72 bits per heavy atom. The molecule has 5 heteroatoms. The molecule has 5 nitrogen and oxygen atoms in total. The van der Waals surface area contributed by atoms with Crippen molar-refractivity contribution in [1.29, 1.82) is 0 Å². The Balaban J connectivity index is 1.67. The topological polar surface area (TPSA) is 62.7 Å². The standard InChI is InChI=1S/C24H23N5/c1-17-10-11-18(2)21(13-17)27-24-28-22(20-8-4-3-5-9-20)14-23(29-24)26-16-19-7-6-12-25-15-19/h3-15H,16H2,1-2H3,(H2,26,27,28,29). The number of rotatable bonds is 6. The lowest BCUT2D eigenvalue weighted by molar-refractivity contribution is 1.07. The lowest BCUT2D eigenvalue weighted by Crippen LogP contribution is -2.06. The second kappa shape index (κ2) is 8.52. The van der Waals surface area contributed by atoms with Crippen LogP contribution in [0.15, 0.2) is 79.1 Å². The fourth-order valence-electron chi connectivity index (χ4n) is 3.04. The zero-order valence-corrected chi connectivity index (χ0v) is 16.6. The number of benzene rings is 2. The van der Waals surface area contributed by atoms with E-state index < -0.39 is 0 Å². The molecule has 0 fully saturated rings. The highest BCUT2D eigenvalue weighted by molar-refractivity contribution is 5.67. The van der Waals surface area contributed by atoms with Gasteiger partial charge in [0.2, 0.25) is 5.95 Å². The van der Waals surface area contributed by atoms with E-state index in [-0.39, 0.29) is 0 Å². The van der Waals surface area contributed by atoms with Crippen LogP contribution in [-0.4, -0.2) is 15.0 Å². The van der Waals surface area contributed by atoms with E-state index in [9.17, 15) is 0 Å². The first-order valence-corrected chi connectivity index (χ1v) is 9.59. The van der Waals surface area contributed by atoms with E-state index in [2.05, 4.69) is 64.8 Å². The molecule has 0 saturated carbocycles. The maximum Gasteiger partial charge on any atom is 0.229 e. The van der Waals surface area contributed by atoms with E-state index in [0.29, 0.717) is 12.5 Å². The summed E-state index contributed by atoms with van der Waals surface area (Å²) in [4.78, 5) is 13.6. The van der Waals surface area contributed by atoms with Crippen molar-refractivity contribution in [3.8, 4) is 11.3 Å². The van der Waals surface area contributed by atoms with E-state index in [0.717, 1.165) is 33.9 Å². The van der Waals surface area contributed by atoms with Gasteiger partial charge < -0.3 is 10.6 Å². The van der Waals surface area contributed by atoms with Gasteiger partial charge >= 0.3 is 0 Å². The summed E-state index contributed by atoms with van der Waals surface area (Å²) in [6, 6.07) is 22.4. The number of nitrogens with one attached hydrogen (secondary N) is 2. The van der Waals surface area contributed by atoms with Crippen molar-refractivity contribution in [3.05, 3.63) is 95.8 Å². The van der Waals surface area contributed by atoms with Crippen molar-refractivity contribution in [2.75, 3.05) is 10.6 Å². The minimum absolute atomic E-state index is 0.564. The van der Waals surface area contributed by atoms with Crippen LogP contribution in [-0.2, 0) is 6.54 Å². The number of aryl methyl sites for hydroxylation is 2. The summed E-state index contributed by atoms with van der Waals surface area (Å²) in [5, 5.41) is 6.78. The number of anilines is 3. The molecule has 0 aliphatic heterocycles. The summed E-state index contributed by atoms with van der Waals surface area (Å²) < 4.78 is 0. The van der Waals surface area contributed by atoms with Gasteiger partial charge in [-0.1, -0.05) is 48.5 Å². The van der Waals surface area contributed by atoms with Gasteiger partial charge in [0, 0.05) is 36.3 Å². The molecule has 4 aromatic rings. The molecule has 0 radical (unpaired) electrons. The molecular weight excluding hydrogens is 358 g/mol. The molecule has 2 aromatic carbocycles. The number of nitrogens with zero attached hydrogens (tertiary/aromatic N) is 3. The molecule has 0 atom stereocenters. The van der Waals surface area contributed by atoms with E-state index >= 15 is 0 Å². The Kier molecular flexibility index (Phi) is 5.47. The molecule has 0 saturated heterocycles. The number of aromatic nitrogens is 3. The molecular formula is C24H23N5. The zero-order valence-electron chi connectivity index (χ0n) is 16.6. The molecule has 29 heavy (non-hydrogen) atoms. The van der Waals surface area contributed by atoms with Crippen LogP contribution in [0.4, 0.5) is 17.5 Å². The van der Waals surface area contributed by atoms with E-state index in [4.69, 9.17) is 4.98 Å². The first-order chi connectivity index (χ1) is 14.2. The first kappa shape index (κ1) is 18.6. The average Bonchev–Trinajstić information content (AvgIpc) is 2.76. The SMILES string of the molecule is Cc1ccc(C)c(Nc2nc(NCc3cccnc3)cc(-c3ccccc3)n2)c1. The summed E-state index contributed by atoms with van der Waals surface area (Å²) in [5.41, 5.74) is 6.34. The quantitative estimate of drug-likeness (QED) is 0.461. The molecule has 0 aliphatic rings. The molecule has 2 heterocycles. The third kappa shape index (κ3) is 4.76. The molecule has 0 unspecified atom stereocenters. The smallest absolute Gasteiger partial charge is 0.229 e. The third-order valence-corrected chi connectivity index (χ3v) is 4.63. The number of hydrogen-bond acceptors (Lipinski definition) is 5. The van der Waals surface area contributed by atoms with Gasteiger partial charge in [-0.25, -0.2) is 4.98 Å². The summed E-state index contributed by atoms with van der Waals surface area (Å²) in [7, 11) is 0. The molecule has 2 N–H and O–H groups in total. The van der Waals surface area contributed by atoms with Crippen LogP contribution < -0.4 is 10.6 Å². The molecule has 0 spiro atoms. The van der Waals surface area contributed by atoms with Crippen LogP contribution in [0.3, 0.4) is 0 Å². The minimum atomic E-state index is 0.564. The summed E-state index contributed by atoms with van der Waals surface area (Å²) >= 11 is 0. The van der Waals surface area contributed by atoms with Gasteiger partial charge in [-0.05, 0) is 42.7 Å². The maximum atomic E-state index is 4.75. The van der Waals surface area contributed by atoms with Gasteiger partial charge in [0.1, 0.15) is 5.82 Å². The molecule has 4 rings (SSSR count). The molecule has 0 amide bonds. The van der Waals surface area contributed by atoms with Gasteiger partial charge in [0.25, 0.3) is 0 Å². The van der Waals surface area contributed by atoms with Crippen LogP contribution >= 0.6 is 0 Å². The molecule has 0 aliphatic carbocycles. The lowest BCUT2D eigenvalue weighted by Gasteiger charge is -2.13.